The molecule has 0 unspecified atom stereocenters. The number of methoxy groups -OCH3 is 1. The van der Waals surface area contributed by atoms with Crippen molar-refractivity contribution < 1.29 is 27.1 Å². The number of ether oxygens (including phenoxy) is 2. The summed E-state index contributed by atoms with van der Waals surface area (Å²) in [6, 6.07) is 7.76. The van der Waals surface area contributed by atoms with Gasteiger partial charge in [-0.15, -0.1) is 0 Å². The third-order valence-electron chi connectivity index (χ3n) is 6.22. The molecule has 0 radical (unpaired) electrons. The number of pyridine rings is 1. The normalized spacial score (nSPS) is 14.9. The second-order valence-electron chi connectivity index (χ2n) is 8.71. The van der Waals surface area contributed by atoms with Crippen LogP contribution in [-0.4, -0.2) is 88.2 Å². The van der Waals surface area contributed by atoms with Crippen molar-refractivity contribution in [3.63, 3.8) is 0 Å². The van der Waals surface area contributed by atoms with E-state index in [-0.39, 0.29) is 35.5 Å². The van der Waals surface area contributed by atoms with Crippen molar-refractivity contribution in [2.45, 2.75) is 17.9 Å². The Morgan fingerprint density at radius 3 is 2.78 bits per heavy atom. The maximum atomic E-state index is 13.7. The molecule has 0 aliphatic carbocycles. The Balaban J connectivity index is 1.59. The van der Waals surface area contributed by atoms with Crippen molar-refractivity contribution in [3.8, 4) is 0 Å². The summed E-state index contributed by atoms with van der Waals surface area (Å²) in [7, 11) is -2.47. The van der Waals surface area contributed by atoms with E-state index in [4.69, 9.17) is 13.9 Å². The largest absolute Gasteiger partial charge is 0.468 e. The molecule has 1 aliphatic rings. The Hall–Kier alpha value is -3.03. The summed E-state index contributed by atoms with van der Waals surface area (Å²) < 4.78 is 44.6. The molecule has 3 aromatic rings. The van der Waals surface area contributed by atoms with Crippen LogP contribution in [0, 0.1) is 0 Å². The molecule has 200 valence electrons. The number of fused-ring (bicyclic) bond motifs is 1. The van der Waals surface area contributed by atoms with Crippen molar-refractivity contribution in [1.82, 2.24) is 19.5 Å². The van der Waals surface area contributed by atoms with E-state index >= 15 is 0 Å². The van der Waals surface area contributed by atoms with Crippen LogP contribution in [0.1, 0.15) is 22.5 Å². The number of aromatic amines is 1. The Morgan fingerprint density at radius 2 is 2.05 bits per heavy atom. The van der Waals surface area contributed by atoms with Gasteiger partial charge < -0.3 is 24.2 Å². The molecule has 37 heavy (non-hydrogen) atoms. The molecule has 1 saturated heterocycles. The molecule has 1 amide bonds. The fraction of sp³-hybridized carbons (Fsp3) is 0.440. The minimum absolute atomic E-state index is 0.0274. The topological polar surface area (TPSA) is 134 Å². The summed E-state index contributed by atoms with van der Waals surface area (Å²) in [6.07, 6.45) is 3.46. The van der Waals surface area contributed by atoms with Gasteiger partial charge in [0.05, 0.1) is 37.5 Å². The highest BCUT2D eigenvalue weighted by Gasteiger charge is 2.27. The highest BCUT2D eigenvalue weighted by molar-refractivity contribution is 7.89. The number of benzene rings is 1. The van der Waals surface area contributed by atoms with E-state index in [1.807, 2.05) is 0 Å². The maximum absolute atomic E-state index is 13.7. The van der Waals surface area contributed by atoms with E-state index in [0.29, 0.717) is 37.5 Å². The first kappa shape index (κ1) is 27.0. The summed E-state index contributed by atoms with van der Waals surface area (Å²) in [5.74, 6) is -0.0420. The quantitative estimate of drug-likeness (QED) is 0.335. The number of carbonyl (C=O) groups excluding carboxylic acids is 1. The van der Waals surface area contributed by atoms with Crippen LogP contribution in [0.5, 0.6) is 0 Å². The van der Waals surface area contributed by atoms with Crippen molar-refractivity contribution in [3.05, 3.63) is 64.3 Å². The number of nitrogens with zero attached hydrogens (tertiary/aromatic N) is 2. The lowest BCUT2D eigenvalue weighted by Crippen LogP contribution is -2.39. The number of H-pyrrole nitrogens is 1. The van der Waals surface area contributed by atoms with Crippen molar-refractivity contribution in [1.29, 1.82) is 0 Å². The van der Waals surface area contributed by atoms with Crippen molar-refractivity contribution in [2.24, 2.45) is 0 Å². The average molecular weight is 533 g/mol. The van der Waals surface area contributed by atoms with E-state index in [2.05, 4.69) is 15.2 Å². The smallest absolute Gasteiger partial charge is 0.256 e. The molecule has 4 rings (SSSR count). The second kappa shape index (κ2) is 12.5. The lowest BCUT2D eigenvalue weighted by molar-refractivity contribution is 0.0368. The molecular weight excluding hydrogens is 500 g/mol. The summed E-state index contributed by atoms with van der Waals surface area (Å²) in [5, 5.41) is 2.73. The number of carbonyl (C=O) groups is 1. The zero-order valence-electron chi connectivity index (χ0n) is 20.8. The molecule has 1 fully saturated rings. The van der Waals surface area contributed by atoms with E-state index in [0.717, 1.165) is 19.6 Å². The van der Waals surface area contributed by atoms with Crippen LogP contribution in [0.3, 0.4) is 0 Å². The summed E-state index contributed by atoms with van der Waals surface area (Å²) in [6.45, 7) is 4.61. The zero-order chi connectivity index (χ0) is 26.3. The molecule has 1 aliphatic heterocycles. The van der Waals surface area contributed by atoms with E-state index < -0.39 is 21.4 Å². The molecule has 2 aromatic heterocycles. The van der Waals surface area contributed by atoms with Gasteiger partial charge in [-0.2, -0.15) is 4.31 Å². The van der Waals surface area contributed by atoms with Gasteiger partial charge in [0.15, 0.2) is 0 Å². The minimum atomic E-state index is -3.98. The highest BCUT2D eigenvalue weighted by Crippen LogP contribution is 2.22. The molecule has 0 spiro atoms. The number of hydrogen-bond acceptors (Lipinski definition) is 8. The van der Waals surface area contributed by atoms with Gasteiger partial charge in [-0.05, 0) is 43.3 Å². The SMILES string of the molecule is COCCNC(=O)c1c[nH]c2ccc(S(=O)(=O)N(CCCN3CCOCC3)Cc3ccco3)cc2c1=O. The van der Waals surface area contributed by atoms with Crippen LogP contribution in [0.15, 0.2) is 56.9 Å². The third-order valence-corrected chi connectivity index (χ3v) is 8.07. The number of hydrogen-bond donors (Lipinski definition) is 2. The van der Waals surface area contributed by atoms with Gasteiger partial charge in [0, 0.05) is 50.4 Å². The number of aromatic nitrogens is 1. The third kappa shape index (κ3) is 6.65. The Labute approximate surface area is 215 Å². The van der Waals surface area contributed by atoms with E-state index in [9.17, 15) is 18.0 Å². The van der Waals surface area contributed by atoms with Gasteiger partial charge in [-0.3, -0.25) is 14.5 Å². The number of sulfonamides is 1. The fourth-order valence-electron chi connectivity index (χ4n) is 4.19. The average Bonchev–Trinajstić information content (AvgIpc) is 3.42. The van der Waals surface area contributed by atoms with Gasteiger partial charge in [-0.25, -0.2) is 8.42 Å². The van der Waals surface area contributed by atoms with E-state index in [1.54, 1.807) is 12.1 Å². The lowest BCUT2D eigenvalue weighted by Gasteiger charge is -2.28. The van der Waals surface area contributed by atoms with Crippen molar-refractivity contribution >= 4 is 26.8 Å². The zero-order valence-corrected chi connectivity index (χ0v) is 21.6. The first-order valence-corrected chi connectivity index (χ1v) is 13.6. The van der Waals surface area contributed by atoms with Crippen LogP contribution >= 0.6 is 0 Å². The van der Waals surface area contributed by atoms with Gasteiger partial charge in [0.25, 0.3) is 5.91 Å². The monoisotopic (exact) mass is 532 g/mol. The van der Waals surface area contributed by atoms with Gasteiger partial charge >= 0.3 is 0 Å². The first-order valence-electron chi connectivity index (χ1n) is 12.2. The first-order chi connectivity index (χ1) is 17.9. The molecule has 2 N–H and O–H groups in total. The molecule has 0 saturated carbocycles. The Morgan fingerprint density at radius 1 is 1.24 bits per heavy atom. The number of furan rings is 1. The van der Waals surface area contributed by atoms with Crippen LogP contribution in [0.4, 0.5) is 0 Å². The molecule has 11 nitrogen and oxygen atoms in total. The van der Waals surface area contributed by atoms with Crippen LogP contribution in [-0.2, 0) is 26.0 Å². The van der Waals surface area contributed by atoms with Crippen molar-refractivity contribution in [2.75, 3.05) is 59.7 Å². The molecule has 0 atom stereocenters. The molecular formula is C25H32N4O7S. The predicted molar refractivity (Wildman–Crippen MR) is 137 cm³/mol. The van der Waals surface area contributed by atoms with Gasteiger partial charge in [0.1, 0.15) is 11.3 Å². The minimum Gasteiger partial charge on any atom is -0.468 e. The maximum Gasteiger partial charge on any atom is 0.256 e. The number of amides is 1. The van der Waals surface area contributed by atoms with Gasteiger partial charge in [-0.1, -0.05) is 0 Å². The standard InChI is InChI=1S/C25H32N4O7S/c1-34-13-7-26-25(31)22-17-27-23-6-5-20(16-21(23)24(22)30)37(32,33)29(18-19-4-2-12-36-19)9-3-8-28-10-14-35-15-11-28/h2,4-6,12,16-17H,3,7-11,13-15,18H2,1H3,(H,26,31)(H,27,30). The Bertz CT molecular complexity index is 1350. The lowest BCUT2D eigenvalue weighted by atomic mass is 10.1. The molecule has 1 aromatic carbocycles. The molecule has 3 heterocycles. The fourth-order valence-corrected chi connectivity index (χ4v) is 5.67. The van der Waals surface area contributed by atoms with Crippen LogP contribution < -0.4 is 10.7 Å². The number of nitrogens with one attached hydrogen (secondary N) is 2. The predicted octanol–water partition coefficient (Wildman–Crippen LogP) is 1.41. The molecule has 0 bridgehead atoms. The molecule has 12 heteroatoms. The van der Waals surface area contributed by atoms with Crippen LogP contribution in [0.25, 0.3) is 10.9 Å². The van der Waals surface area contributed by atoms with E-state index in [1.165, 1.54) is 42.1 Å². The summed E-state index contributed by atoms with van der Waals surface area (Å²) >= 11 is 0. The summed E-state index contributed by atoms with van der Waals surface area (Å²) in [4.78, 5) is 30.7. The highest BCUT2D eigenvalue weighted by atomic mass is 32.2. The summed E-state index contributed by atoms with van der Waals surface area (Å²) in [5.41, 5.74) is -0.219. The number of morpholine rings is 1. The van der Waals surface area contributed by atoms with Crippen LogP contribution in [0.2, 0.25) is 0 Å². The Kier molecular flexibility index (Phi) is 9.11. The second-order valence-corrected chi connectivity index (χ2v) is 10.7. The van der Waals surface area contributed by atoms with Gasteiger partial charge in [0.2, 0.25) is 15.5 Å². The number of rotatable bonds is 12.